The molecule has 2 aliphatic rings. The number of carbonyl (C=O) groups excluding carboxylic acids is 1. The average Bonchev–Trinajstić information content (AvgIpc) is 2.80. The lowest BCUT2D eigenvalue weighted by Crippen LogP contribution is -2.27. The van der Waals surface area contributed by atoms with Gasteiger partial charge in [0.15, 0.2) is 0 Å². The highest BCUT2D eigenvalue weighted by molar-refractivity contribution is 5.90. The summed E-state index contributed by atoms with van der Waals surface area (Å²) in [7, 11) is 1.45. The van der Waals surface area contributed by atoms with Crippen molar-refractivity contribution in [1.82, 2.24) is 10.6 Å². The Balaban J connectivity index is 1.95. The summed E-state index contributed by atoms with van der Waals surface area (Å²) in [4.78, 5) is 11.9. The lowest BCUT2D eigenvalue weighted by atomic mass is 9.91. The zero-order valence-corrected chi connectivity index (χ0v) is 11.7. The van der Waals surface area contributed by atoms with E-state index in [0.717, 1.165) is 37.2 Å². The molecule has 2 atom stereocenters. The van der Waals surface area contributed by atoms with Gasteiger partial charge < -0.3 is 15.4 Å². The molecule has 4 heteroatoms. The van der Waals surface area contributed by atoms with E-state index in [2.05, 4.69) is 34.9 Å². The fourth-order valence-electron chi connectivity index (χ4n) is 3.29. The van der Waals surface area contributed by atoms with Gasteiger partial charge in [0.1, 0.15) is 0 Å². The van der Waals surface area contributed by atoms with Crippen molar-refractivity contribution < 1.29 is 9.53 Å². The van der Waals surface area contributed by atoms with Crippen molar-refractivity contribution in [3.8, 4) is 0 Å². The van der Waals surface area contributed by atoms with Crippen LogP contribution in [-0.2, 0) is 9.53 Å². The maximum atomic E-state index is 11.9. The minimum absolute atomic E-state index is 0.191. The second-order valence-corrected chi connectivity index (χ2v) is 5.30. The number of benzene rings is 1. The topological polar surface area (TPSA) is 50.4 Å². The molecule has 106 valence electrons. The lowest BCUT2D eigenvalue weighted by molar-refractivity contribution is -0.136. The van der Waals surface area contributed by atoms with Gasteiger partial charge in [-0.05, 0) is 18.4 Å². The summed E-state index contributed by atoms with van der Waals surface area (Å²) in [6, 6.07) is 10.7. The first-order valence-electron chi connectivity index (χ1n) is 7.15. The van der Waals surface area contributed by atoms with Crippen LogP contribution in [0, 0.1) is 5.92 Å². The minimum Gasteiger partial charge on any atom is -0.466 e. The zero-order chi connectivity index (χ0) is 13.9. The van der Waals surface area contributed by atoms with Gasteiger partial charge in [0, 0.05) is 30.7 Å². The number of carbonyl (C=O) groups is 1. The van der Waals surface area contributed by atoms with E-state index in [0.29, 0.717) is 5.92 Å². The van der Waals surface area contributed by atoms with Crippen LogP contribution in [0.5, 0.6) is 0 Å². The van der Waals surface area contributed by atoms with Gasteiger partial charge in [-0.3, -0.25) is 0 Å². The molecule has 4 nitrogen and oxygen atoms in total. The van der Waals surface area contributed by atoms with Gasteiger partial charge >= 0.3 is 5.97 Å². The molecule has 0 bridgehead atoms. The molecule has 0 unspecified atom stereocenters. The first-order valence-corrected chi connectivity index (χ1v) is 7.15. The largest absolute Gasteiger partial charge is 0.466 e. The normalized spacial score (nSPS) is 25.6. The van der Waals surface area contributed by atoms with E-state index in [9.17, 15) is 4.79 Å². The van der Waals surface area contributed by atoms with E-state index < -0.39 is 0 Å². The van der Waals surface area contributed by atoms with Gasteiger partial charge in [-0.2, -0.15) is 0 Å². The molecule has 1 saturated heterocycles. The molecule has 1 aromatic carbocycles. The number of hydrogen-bond donors (Lipinski definition) is 2. The Kier molecular flexibility index (Phi) is 3.74. The third-order valence-electron chi connectivity index (χ3n) is 4.20. The fourth-order valence-corrected chi connectivity index (χ4v) is 3.29. The van der Waals surface area contributed by atoms with Gasteiger partial charge in [-0.15, -0.1) is 0 Å². The van der Waals surface area contributed by atoms with E-state index in [1.807, 2.05) is 6.07 Å². The van der Waals surface area contributed by atoms with E-state index in [-0.39, 0.29) is 12.0 Å². The van der Waals surface area contributed by atoms with Crippen molar-refractivity contribution in [2.24, 2.45) is 5.92 Å². The molecule has 1 aliphatic carbocycles. The number of ether oxygens (including phenoxy) is 1. The molecule has 0 aromatic heterocycles. The second-order valence-electron chi connectivity index (χ2n) is 5.30. The van der Waals surface area contributed by atoms with Crippen LogP contribution in [0.25, 0.3) is 0 Å². The van der Waals surface area contributed by atoms with Gasteiger partial charge in [0.25, 0.3) is 0 Å². The standard InChI is InChI=1S/C16H20N2O2/c1-20-16(19)13-8-7-12-14(11-5-3-2-4-6-11)17-9-10-18-15(12)13/h2-6,12,14,17-18H,7-10H2,1H3/t12-,14+/m1/s1. The smallest absolute Gasteiger partial charge is 0.335 e. The molecule has 20 heavy (non-hydrogen) atoms. The molecule has 3 rings (SSSR count). The molecule has 0 saturated carbocycles. The molecule has 0 radical (unpaired) electrons. The second kappa shape index (κ2) is 5.67. The Hall–Kier alpha value is -1.81. The van der Waals surface area contributed by atoms with Gasteiger partial charge in [0.2, 0.25) is 0 Å². The predicted molar refractivity (Wildman–Crippen MR) is 77.0 cm³/mol. The quantitative estimate of drug-likeness (QED) is 0.806. The Bertz CT molecular complexity index is 525. The summed E-state index contributed by atoms with van der Waals surface area (Å²) in [5, 5.41) is 7.02. The Morgan fingerprint density at radius 3 is 2.80 bits per heavy atom. The molecular weight excluding hydrogens is 252 g/mol. The van der Waals surface area contributed by atoms with Crippen molar-refractivity contribution in [1.29, 1.82) is 0 Å². The van der Waals surface area contributed by atoms with Crippen LogP contribution in [0.4, 0.5) is 0 Å². The number of nitrogens with one attached hydrogen (secondary N) is 2. The molecule has 2 N–H and O–H groups in total. The summed E-state index contributed by atoms with van der Waals surface area (Å²) in [6.07, 6.45) is 1.78. The van der Waals surface area contributed by atoms with E-state index in [1.54, 1.807) is 0 Å². The van der Waals surface area contributed by atoms with Crippen LogP contribution in [0.1, 0.15) is 24.4 Å². The van der Waals surface area contributed by atoms with Crippen molar-refractivity contribution in [3.63, 3.8) is 0 Å². The highest BCUT2D eigenvalue weighted by Gasteiger charge is 2.36. The monoisotopic (exact) mass is 272 g/mol. The third kappa shape index (κ3) is 2.31. The summed E-state index contributed by atoms with van der Waals surface area (Å²) < 4.78 is 4.91. The molecule has 1 aromatic rings. The molecular formula is C16H20N2O2. The number of rotatable bonds is 2. The van der Waals surface area contributed by atoms with Crippen LogP contribution >= 0.6 is 0 Å². The SMILES string of the molecule is COC(=O)C1=C2NCCN[C@@H](c3ccccc3)[C@H]2CC1. The third-order valence-corrected chi connectivity index (χ3v) is 4.20. The van der Waals surface area contributed by atoms with Crippen molar-refractivity contribution in [2.75, 3.05) is 20.2 Å². The van der Waals surface area contributed by atoms with Gasteiger partial charge in [-0.25, -0.2) is 4.79 Å². The van der Waals surface area contributed by atoms with Crippen LogP contribution in [0.3, 0.4) is 0 Å². The van der Waals surface area contributed by atoms with Gasteiger partial charge in [-0.1, -0.05) is 30.3 Å². The van der Waals surface area contributed by atoms with Crippen LogP contribution in [0.2, 0.25) is 0 Å². The van der Waals surface area contributed by atoms with Crippen LogP contribution in [-0.4, -0.2) is 26.2 Å². The number of esters is 1. The first-order chi connectivity index (χ1) is 9.81. The van der Waals surface area contributed by atoms with Crippen molar-refractivity contribution in [3.05, 3.63) is 47.2 Å². The number of fused-ring (bicyclic) bond motifs is 1. The Morgan fingerprint density at radius 2 is 2.05 bits per heavy atom. The maximum absolute atomic E-state index is 11.9. The van der Waals surface area contributed by atoms with Crippen molar-refractivity contribution >= 4 is 5.97 Å². The molecule has 0 amide bonds. The lowest BCUT2D eigenvalue weighted by Gasteiger charge is -2.24. The molecule has 0 spiro atoms. The zero-order valence-electron chi connectivity index (χ0n) is 11.7. The highest BCUT2D eigenvalue weighted by atomic mass is 16.5. The summed E-state index contributed by atoms with van der Waals surface area (Å²) >= 11 is 0. The summed E-state index contributed by atoms with van der Waals surface area (Å²) in [5.41, 5.74) is 3.18. The minimum atomic E-state index is -0.191. The van der Waals surface area contributed by atoms with E-state index in [1.165, 1.54) is 12.7 Å². The van der Waals surface area contributed by atoms with E-state index >= 15 is 0 Å². The van der Waals surface area contributed by atoms with Crippen LogP contribution in [0.15, 0.2) is 41.6 Å². The first kappa shape index (κ1) is 13.2. The van der Waals surface area contributed by atoms with Crippen LogP contribution < -0.4 is 10.6 Å². The number of hydrogen-bond acceptors (Lipinski definition) is 4. The maximum Gasteiger partial charge on any atom is 0.335 e. The summed E-state index contributed by atoms with van der Waals surface area (Å²) in [6.45, 7) is 1.74. The Morgan fingerprint density at radius 1 is 1.25 bits per heavy atom. The number of methoxy groups -OCH3 is 1. The molecule has 1 heterocycles. The van der Waals surface area contributed by atoms with Crippen molar-refractivity contribution in [2.45, 2.75) is 18.9 Å². The van der Waals surface area contributed by atoms with E-state index in [4.69, 9.17) is 4.74 Å². The fraction of sp³-hybridized carbons (Fsp3) is 0.438. The summed E-state index contributed by atoms with van der Waals surface area (Å²) in [5.74, 6) is 0.137. The predicted octanol–water partition coefficient (Wildman–Crippen LogP) is 1.76. The Labute approximate surface area is 119 Å². The van der Waals surface area contributed by atoms with Gasteiger partial charge in [0.05, 0.1) is 12.7 Å². The average molecular weight is 272 g/mol. The highest BCUT2D eigenvalue weighted by Crippen LogP contribution is 2.40. The molecule has 1 aliphatic heterocycles. The molecule has 1 fully saturated rings.